The van der Waals surface area contributed by atoms with E-state index in [1.54, 1.807) is 0 Å². The number of likely N-dealkylation sites (tertiary alicyclic amines) is 1. The van der Waals surface area contributed by atoms with Crippen LogP contribution < -0.4 is 0 Å². The third-order valence-electron chi connectivity index (χ3n) is 3.33. The van der Waals surface area contributed by atoms with E-state index < -0.39 is 0 Å². The first-order valence-electron chi connectivity index (χ1n) is 4.94. The lowest BCUT2D eigenvalue weighted by molar-refractivity contribution is -0.0188. The fraction of sp³-hybridized carbons (Fsp3) is 0.900. The molecule has 0 aromatic rings. The van der Waals surface area contributed by atoms with Gasteiger partial charge in [0.2, 0.25) is 0 Å². The zero-order valence-electron chi connectivity index (χ0n) is 7.55. The molecule has 1 aliphatic carbocycles. The number of hydrogen-bond acceptors (Lipinski definition) is 2. The third kappa shape index (κ3) is 1.34. The van der Waals surface area contributed by atoms with Gasteiger partial charge in [-0.3, -0.25) is 4.90 Å². The van der Waals surface area contributed by atoms with Gasteiger partial charge < -0.3 is 0 Å². The van der Waals surface area contributed by atoms with Crippen molar-refractivity contribution in [2.45, 2.75) is 32.1 Å². The molecule has 2 heteroatoms. The Morgan fingerprint density at radius 2 is 1.83 bits per heavy atom. The van der Waals surface area contributed by atoms with Gasteiger partial charge in [0.15, 0.2) is 0 Å². The van der Waals surface area contributed by atoms with Crippen molar-refractivity contribution in [2.75, 3.05) is 19.6 Å². The Kier molecular flexibility index (Phi) is 2.06. The van der Waals surface area contributed by atoms with Crippen LogP contribution in [0.5, 0.6) is 0 Å². The first kappa shape index (κ1) is 8.07. The SMILES string of the molecule is N#CCN1CC2(CCCCC2)C1. The molecule has 0 unspecified atom stereocenters. The second-order valence-electron chi connectivity index (χ2n) is 4.36. The highest BCUT2D eigenvalue weighted by Crippen LogP contribution is 2.43. The molecule has 0 aromatic carbocycles. The molecular formula is C10H16N2. The summed E-state index contributed by atoms with van der Waals surface area (Å²) in [6.45, 7) is 3.03. The highest BCUT2D eigenvalue weighted by atomic mass is 15.2. The minimum atomic E-state index is 0.641. The van der Waals surface area contributed by atoms with Gasteiger partial charge in [-0.05, 0) is 18.3 Å². The molecule has 1 saturated heterocycles. The van der Waals surface area contributed by atoms with Crippen LogP contribution in [0, 0.1) is 16.7 Å². The zero-order chi connectivity index (χ0) is 8.44. The number of nitrogens with zero attached hydrogens (tertiary/aromatic N) is 2. The van der Waals surface area contributed by atoms with Crippen LogP contribution in [-0.4, -0.2) is 24.5 Å². The van der Waals surface area contributed by atoms with Gasteiger partial charge in [0.05, 0.1) is 12.6 Å². The Balaban J connectivity index is 1.81. The monoisotopic (exact) mass is 164 g/mol. The second-order valence-corrected chi connectivity index (χ2v) is 4.36. The zero-order valence-corrected chi connectivity index (χ0v) is 7.55. The molecule has 0 radical (unpaired) electrons. The molecule has 1 heterocycles. The van der Waals surface area contributed by atoms with E-state index in [1.807, 2.05) is 0 Å². The van der Waals surface area contributed by atoms with Crippen LogP contribution >= 0.6 is 0 Å². The summed E-state index contributed by atoms with van der Waals surface area (Å²) in [5, 5.41) is 8.50. The highest BCUT2D eigenvalue weighted by molar-refractivity contribution is 4.98. The topological polar surface area (TPSA) is 27.0 Å². The van der Waals surface area contributed by atoms with Crippen LogP contribution in [0.3, 0.4) is 0 Å². The van der Waals surface area contributed by atoms with Crippen molar-refractivity contribution >= 4 is 0 Å². The van der Waals surface area contributed by atoms with E-state index in [0.717, 1.165) is 0 Å². The van der Waals surface area contributed by atoms with Crippen molar-refractivity contribution in [1.82, 2.24) is 4.90 Å². The maximum atomic E-state index is 8.50. The van der Waals surface area contributed by atoms with Crippen LogP contribution in [0.15, 0.2) is 0 Å². The normalized spacial score (nSPS) is 27.9. The van der Waals surface area contributed by atoms with E-state index in [2.05, 4.69) is 11.0 Å². The van der Waals surface area contributed by atoms with Gasteiger partial charge in [-0.1, -0.05) is 19.3 Å². The Morgan fingerprint density at radius 1 is 1.17 bits per heavy atom. The Hall–Kier alpha value is -0.550. The average Bonchev–Trinajstić information content (AvgIpc) is 2.04. The third-order valence-corrected chi connectivity index (χ3v) is 3.33. The minimum Gasteiger partial charge on any atom is -0.289 e. The Bertz CT molecular complexity index is 190. The van der Waals surface area contributed by atoms with E-state index >= 15 is 0 Å². The summed E-state index contributed by atoms with van der Waals surface area (Å²) in [4.78, 5) is 2.27. The molecule has 66 valence electrons. The Morgan fingerprint density at radius 3 is 2.42 bits per heavy atom. The quantitative estimate of drug-likeness (QED) is 0.552. The summed E-state index contributed by atoms with van der Waals surface area (Å²) in [7, 11) is 0. The Labute approximate surface area is 74.2 Å². The molecule has 2 nitrogen and oxygen atoms in total. The number of rotatable bonds is 1. The fourth-order valence-corrected chi connectivity index (χ4v) is 2.73. The molecule has 0 N–H and O–H groups in total. The number of hydrogen-bond donors (Lipinski definition) is 0. The maximum Gasteiger partial charge on any atom is 0.0866 e. The fourth-order valence-electron chi connectivity index (χ4n) is 2.73. The lowest BCUT2D eigenvalue weighted by atomic mass is 9.69. The van der Waals surface area contributed by atoms with Crippen LogP contribution in [0.4, 0.5) is 0 Å². The van der Waals surface area contributed by atoms with E-state index in [4.69, 9.17) is 5.26 Å². The predicted octanol–water partition coefficient (Wildman–Crippen LogP) is 1.78. The van der Waals surface area contributed by atoms with E-state index in [0.29, 0.717) is 12.0 Å². The molecule has 12 heavy (non-hydrogen) atoms. The minimum absolute atomic E-state index is 0.641. The first-order chi connectivity index (χ1) is 5.85. The van der Waals surface area contributed by atoms with Gasteiger partial charge in [0.1, 0.15) is 0 Å². The summed E-state index contributed by atoms with van der Waals surface area (Å²) in [6, 6.07) is 2.22. The highest BCUT2D eigenvalue weighted by Gasteiger charge is 2.42. The van der Waals surface area contributed by atoms with Gasteiger partial charge in [0, 0.05) is 13.1 Å². The van der Waals surface area contributed by atoms with Crippen LogP contribution in [-0.2, 0) is 0 Å². The van der Waals surface area contributed by atoms with Gasteiger partial charge in [-0.25, -0.2) is 0 Å². The molecule has 1 spiro atoms. The molecule has 0 atom stereocenters. The predicted molar refractivity (Wildman–Crippen MR) is 47.6 cm³/mol. The molecule has 2 aliphatic rings. The lowest BCUT2D eigenvalue weighted by Gasteiger charge is -2.51. The van der Waals surface area contributed by atoms with Crippen molar-refractivity contribution in [3.63, 3.8) is 0 Å². The largest absolute Gasteiger partial charge is 0.289 e. The van der Waals surface area contributed by atoms with Gasteiger partial charge in [-0.15, -0.1) is 0 Å². The van der Waals surface area contributed by atoms with Gasteiger partial charge in [0.25, 0.3) is 0 Å². The van der Waals surface area contributed by atoms with Crippen LogP contribution in [0.2, 0.25) is 0 Å². The molecule has 2 rings (SSSR count). The van der Waals surface area contributed by atoms with E-state index in [9.17, 15) is 0 Å². The van der Waals surface area contributed by atoms with Crippen molar-refractivity contribution in [3.8, 4) is 6.07 Å². The molecule has 1 saturated carbocycles. The van der Waals surface area contributed by atoms with Gasteiger partial charge in [-0.2, -0.15) is 5.26 Å². The molecule has 0 aromatic heterocycles. The lowest BCUT2D eigenvalue weighted by Crippen LogP contribution is -2.56. The number of nitriles is 1. The van der Waals surface area contributed by atoms with Gasteiger partial charge >= 0.3 is 0 Å². The van der Waals surface area contributed by atoms with E-state index in [-0.39, 0.29) is 0 Å². The van der Waals surface area contributed by atoms with Crippen LogP contribution in [0.25, 0.3) is 0 Å². The van der Waals surface area contributed by atoms with E-state index in [1.165, 1.54) is 45.2 Å². The van der Waals surface area contributed by atoms with Crippen molar-refractivity contribution in [1.29, 1.82) is 5.26 Å². The summed E-state index contributed by atoms with van der Waals surface area (Å²) in [5.74, 6) is 0. The first-order valence-corrected chi connectivity index (χ1v) is 4.94. The standard InChI is InChI=1S/C10H16N2/c11-6-7-12-8-10(9-12)4-2-1-3-5-10/h1-5,7-9H2. The van der Waals surface area contributed by atoms with Crippen molar-refractivity contribution < 1.29 is 0 Å². The molecule has 1 aliphatic heterocycles. The molecule has 0 amide bonds. The average molecular weight is 164 g/mol. The maximum absolute atomic E-state index is 8.50. The van der Waals surface area contributed by atoms with Crippen LogP contribution in [0.1, 0.15) is 32.1 Å². The molecule has 2 fully saturated rings. The van der Waals surface area contributed by atoms with Crippen molar-refractivity contribution in [2.24, 2.45) is 5.41 Å². The summed E-state index contributed by atoms with van der Waals surface area (Å²) >= 11 is 0. The summed E-state index contributed by atoms with van der Waals surface area (Å²) in [5.41, 5.74) is 0.648. The smallest absolute Gasteiger partial charge is 0.0866 e. The molecular weight excluding hydrogens is 148 g/mol. The van der Waals surface area contributed by atoms with Crippen molar-refractivity contribution in [3.05, 3.63) is 0 Å². The summed E-state index contributed by atoms with van der Waals surface area (Å²) in [6.07, 6.45) is 7.09. The summed E-state index contributed by atoms with van der Waals surface area (Å²) < 4.78 is 0. The molecule has 0 bridgehead atoms. The second kappa shape index (κ2) is 3.06.